The maximum Gasteiger partial charge on any atom is 0.142 e. The maximum atomic E-state index is 8.91. The van der Waals surface area contributed by atoms with E-state index in [0.717, 1.165) is 17.0 Å². The SMILES string of the molecule is COc1cc(C)ccc1NC(C)CO. The number of benzene rings is 1. The van der Waals surface area contributed by atoms with Gasteiger partial charge in [-0.05, 0) is 31.5 Å². The molecule has 1 unspecified atom stereocenters. The Morgan fingerprint density at radius 1 is 1.50 bits per heavy atom. The van der Waals surface area contributed by atoms with Crippen LogP contribution in [0.4, 0.5) is 5.69 Å². The molecule has 0 saturated carbocycles. The highest BCUT2D eigenvalue weighted by atomic mass is 16.5. The molecule has 0 radical (unpaired) electrons. The van der Waals surface area contributed by atoms with E-state index < -0.39 is 0 Å². The van der Waals surface area contributed by atoms with Crippen molar-refractivity contribution in [3.05, 3.63) is 23.8 Å². The number of ether oxygens (including phenoxy) is 1. The molecule has 0 aromatic heterocycles. The molecule has 1 atom stereocenters. The number of nitrogens with one attached hydrogen (secondary N) is 1. The van der Waals surface area contributed by atoms with Gasteiger partial charge in [-0.1, -0.05) is 6.07 Å². The molecule has 0 aliphatic rings. The van der Waals surface area contributed by atoms with Gasteiger partial charge in [-0.25, -0.2) is 0 Å². The van der Waals surface area contributed by atoms with Gasteiger partial charge in [0.25, 0.3) is 0 Å². The minimum atomic E-state index is 0.0339. The Morgan fingerprint density at radius 3 is 2.79 bits per heavy atom. The van der Waals surface area contributed by atoms with Gasteiger partial charge in [0.1, 0.15) is 5.75 Å². The molecule has 3 nitrogen and oxygen atoms in total. The van der Waals surface area contributed by atoms with Gasteiger partial charge >= 0.3 is 0 Å². The van der Waals surface area contributed by atoms with Crippen molar-refractivity contribution in [2.24, 2.45) is 0 Å². The number of hydrogen-bond acceptors (Lipinski definition) is 3. The summed E-state index contributed by atoms with van der Waals surface area (Å²) < 4.78 is 5.23. The van der Waals surface area contributed by atoms with Crippen LogP contribution in [0.25, 0.3) is 0 Å². The highest BCUT2D eigenvalue weighted by Gasteiger charge is 2.05. The first-order valence-corrected chi connectivity index (χ1v) is 4.69. The molecule has 1 aromatic rings. The minimum Gasteiger partial charge on any atom is -0.495 e. The standard InChI is InChI=1S/C11H17NO2/c1-8-4-5-10(11(6-8)14-3)12-9(2)7-13/h4-6,9,12-13H,7H2,1-3H3. The Bertz CT molecular complexity index is 299. The van der Waals surface area contributed by atoms with E-state index in [-0.39, 0.29) is 12.6 Å². The summed E-state index contributed by atoms with van der Waals surface area (Å²) in [6.45, 7) is 4.04. The van der Waals surface area contributed by atoms with Gasteiger partial charge in [0.05, 0.1) is 19.4 Å². The second-order valence-electron chi connectivity index (χ2n) is 3.43. The molecule has 0 amide bonds. The highest BCUT2D eigenvalue weighted by molar-refractivity contribution is 5.58. The van der Waals surface area contributed by atoms with Crippen molar-refractivity contribution in [1.29, 1.82) is 0 Å². The summed E-state index contributed by atoms with van der Waals surface area (Å²) >= 11 is 0. The molecule has 3 heteroatoms. The van der Waals surface area contributed by atoms with Crippen molar-refractivity contribution < 1.29 is 9.84 Å². The lowest BCUT2D eigenvalue weighted by Gasteiger charge is -2.15. The molecule has 14 heavy (non-hydrogen) atoms. The molecule has 78 valence electrons. The van der Waals surface area contributed by atoms with Crippen LogP contribution in [-0.4, -0.2) is 24.9 Å². The Hall–Kier alpha value is -1.22. The van der Waals surface area contributed by atoms with Gasteiger partial charge in [-0.2, -0.15) is 0 Å². The quantitative estimate of drug-likeness (QED) is 0.769. The van der Waals surface area contributed by atoms with Crippen molar-refractivity contribution in [2.45, 2.75) is 19.9 Å². The number of anilines is 1. The lowest BCUT2D eigenvalue weighted by atomic mass is 10.2. The first kappa shape index (κ1) is 10.9. The van der Waals surface area contributed by atoms with Crippen molar-refractivity contribution in [3.8, 4) is 5.75 Å². The molecule has 0 aliphatic carbocycles. The third-order valence-electron chi connectivity index (χ3n) is 2.03. The molecule has 0 fully saturated rings. The molecule has 0 heterocycles. The number of methoxy groups -OCH3 is 1. The number of aryl methyl sites for hydroxylation is 1. The van der Waals surface area contributed by atoms with Crippen molar-refractivity contribution in [2.75, 3.05) is 19.0 Å². The van der Waals surface area contributed by atoms with Crippen LogP contribution in [0.2, 0.25) is 0 Å². The Labute approximate surface area is 84.7 Å². The smallest absolute Gasteiger partial charge is 0.142 e. The fraction of sp³-hybridized carbons (Fsp3) is 0.455. The van der Waals surface area contributed by atoms with Crippen molar-refractivity contribution in [1.82, 2.24) is 0 Å². The predicted octanol–water partition coefficient (Wildman–Crippen LogP) is 1.80. The molecule has 0 saturated heterocycles. The van der Waals surface area contributed by atoms with Gasteiger partial charge in [-0.15, -0.1) is 0 Å². The van der Waals surface area contributed by atoms with Crippen LogP contribution >= 0.6 is 0 Å². The summed E-state index contributed by atoms with van der Waals surface area (Å²) in [5.74, 6) is 0.810. The van der Waals surface area contributed by atoms with Gasteiger partial charge in [-0.3, -0.25) is 0 Å². The summed E-state index contributed by atoms with van der Waals surface area (Å²) in [5.41, 5.74) is 2.07. The van der Waals surface area contributed by atoms with Crippen molar-refractivity contribution >= 4 is 5.69 Å². The van der Waals surface area contributed by atoms with Gasteiger partial charge < -0.3 is 15.2 Å². The molecule has 2 N–H and O–H groups in total. The minimum absolute atomic E-state index is 0.0339. The van der Waals surface area contributed by atoms with E-state index in [9.17, 15) is 0 Å². The summed E-state index contributed by atoms with van der Waals surface area (Å²) in [4.78, 5) is 0. The zero-order chi connectivity index (χ0) is 10.6. The monoisotopic (exact) mass is 195 g/mol. The van der Waals surface area contributed by atoms with Crippen molar-refractivity contribution in [3.63, 3.8) is 0 Å². The average molecular weight is 195 g/mol. The predicted molar refractivity (Wildman–Crippen MR) is 57.9 cm³/mol. The third-order valence-corrected chi connectivity index (χ3v) is 2.03. The lowest BCUT2D eigenvalue weighted by molar-refractivity contribution is 0.281. The Morgan fingerprint density at radius 2 is 2.21 bits per heavy atom. The molecule has 0 spiro atoms. The Balaban J connectivity index is 2.85. The summed E-state index contributed by atoms with van der Waals surface area (Å²) in [6, 6.07) is 5.97. The first-order valence-electron chi connectivity index (χ1n) is 4.69. The fourth-order valence-electron chi connectivity index (χ4n) is 1.23. The molecule has 1 rings (SSSR count). The first-order chi connectivity index (χ1) is 6.67. The Kier molecular flexibility index (Phi) is 3.77. The normalized spacial score (nSPS) is 12.3. The van der Waals surface area contributed by atoms with Gasteiger partial charge in [0, 0.05) is 6.04 Å². The van der Waals surface area contributed by atoms with Crippen LogP contribution in [-0.2, 0) is 0 Å². The number of aliphatic hydroxyl groups excluding tert-OH is 1. The zero-order valence-corrected chi connectivity index (χ0v) is 8.87. The molecule has 1 aromatic carbocycles. The number of rotatable bonds is 4. The van der Waals surface area contributed by atoms with E-state index in [1.54, 1.807) is 7.11 Å². The fourth-order valence-corrected chi connectivity index (χ4v) is 1.23. The lowest BCUT2D eigenvalue weighted by Crippen LogP contribution is -2.19. The van der Waals surface area contributed by atoms with E-state index in [1.165, 1.54) is 0 Å². The number of aliphatic hydroxyl groups is 1. The second-order valence-corrected chi connectivity index (χ2v) is 3.43. The molecular weight excluding hydrogens is 178 g/mol. The van der Waals surface area contributed by atoms with Crippen LogP contribution in [0.1, 0.15) is 12.5 Å². The third kappa shape index (κ3) is 2.64. The largest absolute Gasteiger partial charge is 0.495 e. The zero-order valence-electron chi connectivity index (χ0n) is 8.87. The summed E-state index contributed by atoms with van der Waals surface area (Å²) in [6.07, 6.45) is 0. The topological polar surface area (TPSA) is 41.5 Å². The van der Waals surface area contributed by atoms with Gasteiger partial charge in [0.15, 0.2) is 0 Å². The second kappa shape index (κ2) is 4.86. The number of hydrogen-bond donors (Lipinski definition) is 2. The molecule has 0 bridgehead atoms. The van der Waals surface area contributed by atoms with Crippen LogP contribution in [0.15, 0.2) is 18.2 Å². The van der Waals surface area contributed by atoms with Crippen LogP contribution in [0, 0.1) is 6.92 Å². The molecular formula is C11H17NO2. The van der Waals surface area contributed by atoms with Crippen LogP contribution in [0.3, 0.4) is 0 Å². The van der Waals surface area contributed by atoms with E-state index in [4.69, 9.17) is 9.84 Å². The summed E-state index contributed by atoms with van der Waals surface area (Å²) in [7, 11) is 1.64. The van der Waals surface area contributed by atoms with Crippen LogP contribution < -0.4 is 10.1 Å². The van der Waals surface area contributed by atoms with E-state index in [0.29, 0.717) is 0 Å². The summed E-state index contributed by atoms with van der Waals surface area (Å²) in [5, 5.41) is 12.1. The van der Waals surface area contributed by atoms with Gasteiger partial charge in [0.2, 0.25) is 0 Å². The van der Waals surface area contributed by atoms with E-state index in [2.05, 4.69) is 5.32 Å². The van der Waals surface area contributed by atoms with E-state index in [1.807, 2.05) is 32.0 Å². The van der Waals surface area contributed by atoms with E-state index >= 15 is 0 Å². The molecule has 0 aliphatic heterocycles. The average Bonchev–Trinajstić information content (AvgIpc) is 2.20. The maximum absolute atomic E-state index is 8.91. The highest BCUT2D eigenvalue weighted by Crippen LogP contribution is 2.25. The van der Waals surface area contributed by atoms with Crippen LogP contribution in [0.5, 0.6) is 5.75 Å².